The number of benzene rings is 1. The molecular weight excluding hydrogens is 182 g/mol. The maximum Gasteiger partial charge on any atom is 0.235 e. The number of hydrogen-bond donors (Lipinski definition) is 0. The Morgan fingerprint density at radius 1 is 1.43 bits per heavy atom. The highest BCUT2D eigenvalue weighted by Crippen LogP contribution is 2.17. The fourth-order valence-electron chi connectivity index (χ4n) is 1.14. The van der Waals surface area contributed by atoms with Crippen molar-refractivity contribution in [1.29, 1.82) is 0 Å². The van der Waals surface area contributed by atoms with Crippen molar-refractivity contribution >= 4 is 6.08 Å². The van der Waals surface area contributed by atoms with Crippen molar-refractivity contribution in [2.24, 2.45) is 0 Å². The van der Waals surface area contributed by atoms with E-state index in [2.05, 4.69) is 0 Å². The topological polar surface area (TPSA) is 52.4 Å². The molecule has 1 aromatic carbocycles. The monoisotopic (exact) mass is 193 g/mol. The first kappa shape index (κ1) is 10.2. The van der Waals surface area contributed by atoms with Crippen LogP contribution in [0.1, 0.15) is 11.1 Å². The molecule has 0 aliphatic heterocycles. The number of methoxy groups -OCH3 is 1. The zero-order chi connectivity index (χ0) is 10.6. The van der Waals surface area contributed by atoms with E-state index in [4.69, 9.17) is 4.74 Å². The third-order valence-electron chi connectivity index (χ3n) is 1.70. The lowest BCUT2D eigenvalue weighted by atomic mass is 10.1. The molecule has 0 saturated carbocycles. The lowest BCUT2D eigenvalue weighted by Crippen LogP contribution is -1.86. The molecule has 0 radical (unpaired) electrons. The van der Waals surface area contributed by atoms with E-state index in [1.54, 1.807) is 13.2 Å². The molecule has 1 rings (SSSR count). The van der Waals surface area contributed by atoms with Crippen LogP contribution in [0.25, 0.3) is 6.08 Å². The van der Waals surface area contributed by atoms with Gasteiger partial charge >= 0.3 is 0 Å². The van der Waals surface area contributed by atoms with Gasteiger partial charge in [-0.15, -0.1) is 0 Å². The maximum absolute atomic E-state index is 10.1. The second-order valence-corrected chi connectivity index (χ2v) is 2.88. The van der Waals surface area contributed by atoms with E-state index >= 15 is 0 Å². The zero-order valence-electron chi connectivity index (χ0n) is 8.06. The largest absolute Gasteiger partial charge is 0.497 e. The summed E-state index contributed by atoms with van der Waals surface area (Å²) in [6, 6.07) is 5.46. The number of aryl methyl sites for hydroxylation is 1. The van der Waals surface area contributed by atoms with E-state index in [0.29, 0.717) is 5.75 Å². The standard InChI is InChI=1S/C10H11NO3/c1-8-5-9(3-4-11(12)13)7-10(6-8)14-2/h3-7H,1-2H3. The number of ether oxygens (including phenoxy) is 1. The number of rotatable bonds is 3. The van der Waals surface area contributed by atoms with Crippen LogP contribution in [-0.4, -0.2) is 12.0 Å². The molecule has 0 unspecified atom stereocenters. The van der Waals surface area contributed by atoms with Crippen molar-refractivity contribution in [3.63, 3.8) is 0 Å². The molecule has 0 atom stereocenters. The van der Waals surface area contributed by atoms with Gasteiger partial charge < -0.3 is 4.74 Å². The van der Waals surface area contributed by atoms with E-state index in [1.165, 1.54) is 6.08 Å². The van der Waals surface area contributed by atoms with Gasteiger partial charge in [-0.3, -0.25) is 10.1 Å². The van der Waals surface area contributed by atoms with Crippen LogP contribution in [0.4, 0.5) is 0 Å². The van der Waals surface area contributed by atoms with Crippen molar-refractivity contribution in [2.45, 2.75) is 6.92 Å². The Balaban J connectivity index is 2.97. The third kappa shape index (κ3) is 2.90. The minimum absolute atomic E-state index is 0.491. The highest BCUT2D eigenvalue weighted by Gasteiger charge is 1.96. The number of hydrogen-bond acceptors (Lipinski definition) is 3. The number of nitro groups is 1. The predicted octanol–water partition coefficient (Wildman–Crippen LogP) is 2.25. The van der Waals surface area contributed by atoms with Gasteiger partial charge in [0.1, 0.15) is 5.75 Å². The smallest absolute Gasteiger partial charge is 0.235 e. The Hall–Kier alpha value is -1.84. The summed E-state index contributed by atoms with van der Waals surface area (Å²) in [5.41, 5.74) is 1.77. The van der Waals surface area contributed by atoms with Gasteiger partial charge in [-0.25, -0.2) is 0 Å². The Kier molecular flexibility index (Phi) is 3.23. The Morgan fingerprint density at radius 2 is 2.14 bits per heavy atom. The van der Waals surface area contributed by atoms with Crippen LogP contribution in [0, 0.1) is 17.0 Å². The molecule has 0 aromatic heterocycles. The summed E-state index contributed by atoms with van der Waals surface area (Å²) in [6.07, 6.45) is 2.35. The molecule has 1 aromatic rings. The molecule has 0 N–H and O–H groups in total. The van der Waals surface area contributed by atoms with Gasteiger partial charge in [-0.2, -0.15) is 0 Å². The molecule has 0 heterocycles. The summed E-state index contributed by atoms with van der Waals surface area (Å²) in [5, 5.41) is 10.1. The van der Waals surface area contributed by atoms with Crippen LogP contribution in [0.3, 0.4) is 0 Å². The van der Waals surface area contributed by atoms with Crippen molar-refractivity contribution in [3.8, 4) is 5.75 Å². The SMILES string of the molecule is COc1cc(C)cc(C=C[N+](=O)[O-])c1. The van der Waals surface area contributed by atoms with E-state index in [9.17, 15) is 10.1 Å². The van der Waals surface area contributed by atoms with Gasteiger partial charge in [-0.05, 0) is 30.2 Å². The fraction of sp³-hybridized carbons (Fsp3) is 0.200. The van der Waals surface area contributed by atoms with Crippen LogP contribution >= 0.6 is 0 Å². The van der Waals surface area contributed by atoms with Crippen molar-refractivity contribution in [3.05, 3.63) is 45.6 Å². The summed E-state index contributed by atoms with van der Waals surface area (Å²) in [6.45, 7) is 1.91. The molecule has 74 valence electrons. The van der Waals surface area contributed by atoms with Crippen LogP contribution < -0.4 is 4.74 Å². The molecule has 0 fully saturated rings. The summed E-state index contributed by atoms with van der Waals surface area (Å²) >= 11 is 0. The van der Waals surface area contributed by atoms with E-state index in [-0.39, 0.29) is 0 Å². The number of nitrogens with zero attached hydrogens (tertiary/aromatic N) is 1. The quantitative estimate of drug-likeness (QED) is 0.546. The Labute approximate surface area is 82.0 Å². The van der Waals surface area contributed by atoms with Crippen LogP contribution in [0.15, 0.2) is 24.4 Å². The van der Waals surface area contributed by atoms with Crippen molar-refractivity contribution in [2.75, 3.05) is 7.11 Å². The molecule has 14 heavy (non-hydrogen) atoms. The van der Waals surface area contributed by atoms with E-state index < -0.39 is 4.92 Å². The molecular formula is C10H11NO3. The first-order valence-corrected chi connectivity index (χ1v) is 4.09. The minimum atomic E-state index is -0.491. The lowest BCUT2D eigenvalue weighted by molar-refractivity contribution is -0.400. The summed E-state index contributed by atoms with van der Waals surface area (Å²) in [5.74, 6) is 0.702. The van der Waals surface area contributed by atoms with Gasteiger partial charge in [0.2, 0.25) is 6.20 Å². The van der Waals surface area contributed by atoms with Gasteiger partial charge in [0.15, 0.2) is 0 Å². The zero-order valence-corrected chi connectivity index (χ0v) is 8.06. The average molecular weight is 193 g/mol. The van der Waals surface area contributed by atoms with Gasteiger partial charge in [0.25, 0.3) is 0 Å². The predicted molar refractivity (Wildman–Crippen MR) is 53.8 cm³/mol. The first-order chi connectivity index (χ1) is 6.61. The molecule has 4 heteroatoms. The Morgan fingerprint density at radius 3 is 2.71 bits per heavy atom. The average Bonchev–Trinajstić information content (AvgIpc) is 2.14. The van der Waals surface area contributed by atoms with E-state index in [0.717, 1.165) is 17.3 Å². The second-order valence-electron chi connectivity index (χ2n) is 2.88. The molecule has 0 saturated heterocycles. The van der Waals surface area contributed by atoms with Crippen molar-refractivity contribution < 1.29 is 9.66 Å². The Bertz CT molecular complexity index is 372. The normalized spacial score (nSPS) is 10.4. The second kappa shape index (κ2) is 4.41. The first-order valence-electron chi connectivity index (χ1n) is 4.09. The minimum Gasteiger partial charge on any atom is -0.497 e. The molecule has 0 amide bonds. The summed E-state index contributed by atoms with van der Waals surface area (Å²) in [7, 11) is 1.57. The van der Waals surface area contributed by atoms with Gasteiger partial charge in [-0.1, -0.05) is 6.07 Å². The molecule has 0 spiro atoms. The third-order valence-corrected chi connectivity index (χ3v) is 1.70. The molecule has 0 bridgehead atoms. The van der Waals surface area contributed by atoms with Crippen LogP contribution in [0.5, 0.6) is 5.75 Å². The fourth-order valence-corrected chi connectivity index (χ4v) is 1.14. The van der Waals surface area contributed by atoms with Gasteiger partial charge in [0, 0.05) is 6.08 Å². The lowest BCUT2D eigenvalue weighted by Gasteiger charge is -2.02. The molecule has 0 aliphatic carbocycles. The van der Waals surface area contributed by atoms with Gasteiger partial charge in [0.05, 0.1) is 12.0 Å². The molecule has 4 nitrogen and oxygen atoms in total. The summed E-state index contributed by atoms with van der Waals surface area (Å²) < 4.78 is 5.04. The molecule has 0 aliphatic rings. The maximum atomic E-state index is 10.1. The van der Waals surface area contributed by atoms with Crippen molar-refractivity contribution in [1.82, 2.24) is 0 Å². The summed E-state index contributed by atoms with van der Waals surface area (Å²) in [4.78, 5) is 9.61. The van der Waals surface area contributed by atoms with Crippen LogP contribution in [0.2, 0.25) is 0 Å². The highest BCUT2D eigenvalue weighted by atomic mass is 16.6. The van der Waals surface area contributed by atoms with E-state index in [1.807, 2.05) is 19.1 Å². The highest BCUT2D eigenvalue weighted by molar-refractivity contribution is 5.52. The van der Waals surface area contributed by atoms with Crippen LogP contribution in [-0.2, 0) is 0 Å².